The Morgan fingerprint density at radius 3 is 1.32 bits per heavy atom. The number of rotatable bonds is 12. The van der Waals surface area contributed by atoms with Crippen molar-refractivity contribution in [3.63, 3.8) is 0 Å². The van der Waals surface area contributed by atoms with E-state index in [0.717, 1.165) is 12.8 Å². The van der Waals surface area contributed by atoms with Gasteiger partial charge in [0.15, 0.2) is 10.2 Å². The molecule has 0 aromatic rings. The Kier molecular flexibility index (Phi) is 12.0. The van der Waals surface area contributed by atoms with Crippen molar-refractivity contribution in [2.45, 2.75) is 54.4 Å². The van der Waals surface area contributed by atoms with Gasteiger partial charge in [0.25, 0.3) is 0 Å². The lowest BCUT2D eigenvalue weighted by Crippen LogP contribution is -2.51. The Morgan fingerprint density at radius 2 is 1.10 bits per heavy atom. The van der Waals surface area contributed by atoms with Crippen molar-refractivity contribution < 1.29 is 38.0 Å². The number of thiocarbonyl (C=S) groups is 2. The summed E-state index contributed by atoms with van der Waals surface area (Å²) < 4.78 is 32.0. The van der Waals surface area contributed by atoms with Gasteiger partial charge >= 0.3 is 15.6 Å². The molecule has 0 spiro atoms. The van der Waals surface area contributed by atoms with Gasteiger partial charge < -0.3 is 30.2 Å². The van der Waals surface area contributed by atoms with Crippen LogP contribution in [0.4, 0.5) is 0 Å². The third-order valence-electron chi connectivity index (χ3n) is 4.47. The second kappa shape index (κ2) is 12.2. The Morgan fingerprint density at radius 1 is 0.806 bits per heavy atom. The van der Waals surface area contributed by atoms with Crippen LogP contribution >= 0.6 is 40.1 Å². The highest BCUT2D eigenvalue weighted by molar-refractivity contribution is 7.80. The smallest absolute Gasteiger partial charge is 0.360 e. The molecule has 0 saturated heterocycles. The number of phosphoric acid groups is 2. The molecule has 12 nitrogen and oxygen atoms in total. The Hall–Kier alpha value is -0.400. The molecule has 0 aliphatic rings. The quantitative estimate of drug-likeness (QED) is 0.0953. The fourth-order valence-electron chi connectivity index (χ4n) is 1.68. The molecular weight excluding hydrogens is 490 g/mol. The molecule has 0 aliphatic carbocycles. The van der Waals surface area contributed by atoms with Crippen LogP contribution in [-0.4, -0.2) is 59.7 Å². The third-order valence-corrected chi connectivity index (χ3v) is 5.99. The van der Waals surface area contributed by atoms with Crippen molar-refractivity contribution in [1.82, 2.24) is 20.8 Å². The van der Waals surface area contributed by atoms with Gasteiger partial charge in [-0.2, -0.15) is 19.4 Å². The molecule has 0 unspecified atom stereocenters. The van der Waals surface area contributed by atoms with Crippen molar-refractivity contribution in [2.75, 3.05) is 19.8 Å². The summed E-state index contributed by atoms with van der Waals surface area (Å²) in [5.41, 5.74) is -0.384. The second-order valence-corrected chi connectivity index (χ2v) is 11.5. The Bertz CT molecular complexity index is 655. The van der Waals surface area contributed by atoms with E-state index in [9.17, 15) is 28.7 Å². The maximum Gasteiger partial charge on any atom is 0.491 e. The highest BCUT2D eigenvalue weighted by atomic mass is 32.1. The normalized spacial score (nSPS) is 13.0. The third kappa shape index (κ3) is 14.4. The zero-order valence-electron chi connectivity index (χ0n) is 18.6. The van der Waals surface area contributed by atoms with Crippen molar-refractivity contribution in [3.05, 3.63) is 0 Å². The van der Waals surface area contributed by atoms with E-state index in [-0.39, 0.29) is 21.1 Å². The first kappa shape index (κ1) is 30.6. The predicted octanol–water partition coefficient (Wildman–Crippen LogP) is 2.22. The van der Waals surface area contributed by atoms with E-state index in [4.69, 9.17) is 24.4 Å². The van der Waals surface area contributed by atoms with Crippen LogP contribution in [0.5, 0.6) is 0 Å². The van der Waals surface area contributed by atoms with Gasteiger partial charge in [0.1, 0.15) is 6.67 Å². The molecule has 6 N–H and O–H groups in total. The van der Waals surface area contributed by atoms with Crippen LogP contribution in [0.15, 0.2) is 0 Å². The van der Waals surface area contributed by atoms with E-state index >= 15 is 0 Å². The summed E-state index contributed by atoms with van der Waals surface area (Å²) in [4.78, 5) is 36.9. The highest BCUT2D eigenvalue weighted by Crippen LogP contribution is 2.39. The number of hydrogen-bond acceptors (Lipinski definition) is 6. The fourth-order valence-corrected chi connectivity index (χ4v) is 2.91. The number of nitrogens with zero attached hydrogens (tertiary/aromatic N) is 2. The van der Waals surface area contributed by atoms with Crippen LogP contribution in [0.2, 0.25) is 0 Å². The molecule has 0 aromatic heterocycles. The van der Waals surface area contributed by atoms with Gasteiger partial charge in [-0.3, -0.25) is 0 Å². The van der Waals surface area contributed by atoms with Crippen molar-refractivity contribution in [1.29, 1.82) is 0 Å². The molecule has 0 heterocycles. The molecular formula is C15H34N4O8P2S2. The number of nitrogens with one attached hydrogen (secondary N) is 2. The Balaban J connectivity index is 5.60. The van der Waals surface area contributed by atoms with Gasteiger partial charge in [0.05, 0.1) is 0 Å². The topological polar surface area (TPSA) is 164 Å². The van der Waals surface area contributed by atoms with E-state index in [1.54, 1.807) is 0 Å². The van der Waals surface area contributed by atoms with E-state index in [0.29, 0.717) is 23.2 Å². The average Bonchev–Trinajstić information content (AvgIpc) is 2.61. The molecule has 0 aromatic carbocycles. The van der Waals surface area contributed by atoms with E-state index < -0.39 is 22.3 Å². The van der Waals surface area contributed by atoms with Gasteiger partial charge in [-0.05, 0) is 48.1 Å². The van der Waals surface area contributed by atoms with Crippen LogP contribution in [0.3, 0.4) is 0 Å². The van der Waals surface area contributed by atoms with E-state index in [2.05, 4.69) is 19.9 Å². The second-order valence-electron chi connectivity index (χ2n) is 8.40. The largest absolute Gasteiger partial charge is 0.491 e. The summed E-state index contributed by atoms with van der Waals surface area (Å²) in [5.74, 6) is 0. The van der Waals surface area contributed by atoms with E-state index in [1.165, 1.54) is 0 Å². The first-order chi connectivity index (χ1) is 13.8. The lowest BCUT2D eigenvalue weighted by molar-refractivity contribution is -0.113. The molecule has 31 heavy (non-hydrogen) atoms. The fraction of sp³-hybridized carbons (Fsp3) is 0.867. The zero-order chi connectivity index (χ0) is 24.7. The first-order valence-electron chi connectivity index (χ1n) is 9.42. The van der Waals surface area contributed by atoms with Crippen LogP contribution in [0, 0.1) is 10.8 Å². The van der Waals surface area contributed by atoms with Crippen LogP contribution in [-0.2, 0) is 18.4 Å². The minimum Gasteiger partial charge on any atom is -0.360 e. The molecule has 0 radical (unpaired) electrons. The van der Waals surface area contributed by atoms with Gasteiger partial charge in [0.2, 0.25) is 0 Å². The van der Waals surface area contributed by atoms with Crippen LogP contribution in [0.1, 0.15) is 54.4 Å². The summed E-state index contributed by atoms with van der Waals surface area (Å²) in [5, 5.41) is 6.27. The summed E-state index contributed by atoms with van der Waals surface area (Å²) >= 11 is 10.3. The van der Waals surface area contributed by atoms with Crippen LogP contribution in [0.25, 0.3) is 0 Å². The zero-order valence-corrected chi connectivity index (χ0v) is 22.0. The maximum atomic E-state index is 11.4. The van der Waals surface area contributed by atoms with Gasteiger partial charge in [-0.15, -0.1) is 0 Å². The molecule has 16 heteroatoms. The van der Waals surface area contributed by atoms with Crippen LogP contribution < -0.4 is 10.6 Å². The Labute approximate surface area is 194 Å². The number of hydrogen-bond donors (Lipinski definition) is 6. The summed E-state index contributed by atoms with van der Waals surface area (Å²) in [7, 11) is -10.1. The molecule has 0 aliphatic heterocycles. The standard InChI is InChI=1S/C15H34N4O8P2S2/c1-7-14(3,4)9-16-12(30)18(26-28(20,21)22)11-19(27-29(23,24)25)13(31)17-10-15(5,6)8-2/h7-11H2,1-6H3,(H,16,30)(H,17,31)(H2,20,21,22)(H2,23,24,25). The average molecular weight is 525 g/mol. The summed E-state index contributed by atoms with van der Waals surface area (Å²) in [6.07, 6.45) is 1.58. The monoisotopic (exact) mass is 524 g/mol. The molecule has 0 rings (SSSR count). The highest BCUT2D eigenvalue weighted by Gasteiger charge is 2.31. The lowest BCUT2D eigenvalue weighted by Gasteiger charge is -2.33. The molecule has 0 bridgehead atoms. The van der Waals surface area contributed by atoms with E-state index in [1.807, 2.05) is 41.5 Å². The van der Waals surface area contributed by atoms with Gasteiger partial charge in [0, 0.05) is 13.1 Å². The minimum absolute atomic E-state index is 0.192. The van der Waals surface area contributed by atoms with Crippen molar-refractivity contribution in [2.24, 2.45) is 10.8 Å². The number of hydroxylamine groups is 4. The maximum absolute atomic E-state index is 11.4. The first-order valence-corrected chi connectivity index (χ1v) is 13.3. The predicted molar refractivity (Wildman–Crippen MR) is 124 cm³/mol. The molecule has 0 amide bonds. The summed E-state index contributed by atoms with van der Waals surface area (Å²) in [6.45, 7) is 11.7. The van der Waals surface area contributed by atoms with Crippen molar-refractivity contribution >= 4 is 50.3 Å². The molecule has 184 valence electrons. The summed E-state index contributed by atoms with van der Waals surface area (Å²) in [6, 6.07) is 0. The SMILES string of the molecule is CCC(C)(C)CNC(=S)N(CN(OP(=O)(O)O)C(=S)NCC(C)(C)CC)OP(=O)(O)O. The minimum atomic E-state index is -5.07. The molecule has 0 fully saturated rings. The van der Waals surface area contributed by atoms with Crippen molar-refractivity contribution in [3.8, 4) is 0 Å². The molecule has 0 atom stereocenters. The van der Waals surface area contributed by atoms with Gasteiger partial charge in [-0.25, -0.2) is 9.13 Å². The molecule has 0 saturated carbocycles. The van der Waals surface area contributed by atoms with Gasteiger partial charge in [-0.1, -0.05) is 41.5 Å². The lowest BCUT2D eigenvalue weighted by atomic mass is 9.90.